The number of amides is 2. The number of ether oxygens (including phenoxy) is 1. The van der Waals surface area contributed by atoms with Crippen molar-refractivity contribution in [2.24, 2.45) is 17.3 Å². The molecule has 3 aromatic heterocycles. The average Bonchev–Trinajstić information content (AvgIpc) is 4.07. The van der Waals surface area contributed by atoms with Crippen LogP contribution in [0.4, 0.5) is 13.2 Å². The maximum Gasteiger partial charge on any atom is 0.416 e. The second-order valence-electron chi connectivity index (χ2n) is 17.8. The van der Waals surface area contributed by atoms with Gasteiger partial charge in [-0.15, -0.1) is 11.3 Å². The second kappa shape index (κ2) is 16.8. The van der Waals surface area contributed by atoms with Crippen molar-refractivity contribution < 1.29 is 45.1 Å². The number of halogens is 3. The van der Waals surface area contributed by atoms with Crippen molar-refractivity contribution in [3.05, 3.63) is 82.3 Å². The minimum absolute atomic E-state index is 0.00665. The van der Waals surface area contributed by atoms with Crippen LogP contribution in [0.5, 0.6) is 5.88 Å². The highest BCUT2D eigenvalue weighted by Gasteiger charge is 2.61. The molecule has 5 aromatic rings. The first-order valence-corrected chi connectivity index (χ1v) is 24.1. The molecule has 63 heavy (non-hydrogen) atoms. The molecular formula is C46H48F3N5O7S2. The van der Waals surface area contributed by atoms with E-state index in [-0.39, 0.29) is 60.2 Å². The lowest BCUT2D eigenvalue weighted by molar-refractivity contribution is -0.142. The van der Waals surface area contributed by atoms with E-state index >= 15 is 0 Å². The van der Waals surface area contributed by atoms with Crippen LogP contribution in [-0.2, 0) is 37.0 Å². The summed E-state index contributed by atoms with van der Waals surface area (Å²) >= 11 is 1.51. The fraction of sp³-hybridized carbons (Fsp3) is 0.478. The molecule has 332 valence electrons. The van der Waals surface area contributed by atoms with Crippen molar-refractivity contribution in [3.63, 3.8) is 0 Å². The molecule has 2 saturated carbocycles. The number of benzene rings is 2. The minimum Gasteiger partial charge on any atom is -0.470 e. The molecular weight excluding hydrogens is 856 g/mol. The summed E-state index contributed by atoms with van der Waals surface area (Å²) in [6, 6.07) is 10.6. The fourth-order valence-corrected chi connectivity index (χ4v) is 11.4. The average molecular weight is 904 g/mol. The summed E-state index contributed by atoms with van der Waals surface area (Å²) in [6.45, 7) is 4.11. The Bertz CT molecular complexity index is 2710. The van der Waals surface area contributed by atoms with E-state index in [0.29, 0.717) is 54.2 Å². The molecule has 1 saturated heterocycles. The zero-order valence-corrected chi connectivity index (χ0v) is 36.5. The van der Waals surface area contributed by atoms with Crippen molar-refractivity contribution >= 4 is 61.0 Å². The van der Waals surface area contributed by atoms with E-state index in [9.17, 15) is 36.0 Å². The predicted octanol–water partition coefficient (Wildman–Crippen LogP) is 8.94. The van der Waals surface area contributed by atoms with Gasteiger partial charge >= 0.3 is 6.18 Å². The number of carbonyl (C=O) groups excluding carboxylic acids is 3. The highest BCUT2D eigenvalue weighted by atomic mass is 32.2. The largest absolute Gasteiger partial charge is 0.470 e. The van der Waals surface area contributed by atoms with Crippen LogP contribution in [0.1, 0.15) is 100 Å². The normalized spacial score (nSPS) is 25.4. The summed E-state index contributed by atoms with van der Waals surface area (Å²) in [7, 11) is -3.90. The number of allylic oxidation sites excluding steroid dienone is 2. The number of ketones is 1. The lowest BCUT2D eigenvalue weighted by atomic mass is 9.90. The Morgan fingerprint density at radius 1 is 1.03 bits per heavy atom. The van der Waals surface area contributed by atoms with Gasteiger partial charge in [0.1, 0.15) is 17.2 Å². The number of aromatic nitrogens is 3. The molecule has 2 amide bonds. The van der Waals surface area contributed by atoms with Crippen molar-refractivity contribution in [2.75, 3.05) is 6.54 Å². The van der Waals surface area contributed by atoms with Gasteiger partial charge in [-0.3, -0.25) is 19.1 Å². The number of para-hydroxylation sites is 1. The number of carbonyl (C=O) groups is 3. The molecule has 3 fully saturated rings. The van der Waals surface area contributed by atoms with E-state index in [2.05, 4.69) is 23.6 Å². The summed E-state index contributed by atoms with van der Waals surface area (Å²) in [5.41, 5.74) is 0.167. The number of Topliss-reactive ketones (excluding diaryl/α,β-unsaturated/α-hetero) is 1. The van der Waals surface area contributed by atoms with Crippen LogP contribution in [0, 0.1) is 17.3 Å². The van der Waals surface area contributed by atoms with Gasteiger partial charge in [-0.1, -0.05) is 63.1 Å². The first-order valence-electron chi connectivity index (χ1n) is 21.6. The molecule has 9 rings (SSSR count). The third-order valence-electron chi connectivity index (χ3n) is 12.9. The Kier molecular flexibility index (Phi) is 11.5. The van der Waals surface area contributed by atoms with Crippen LogP contribution >= 0.6 is 11.3 Å². The molecule has 0 spiro atoms. The van der Waals surface area contributed by atoms with Gasteiger partial charge in [-0.25, -0.2) is 18.4 Å². The monoisotopic (exact) mass is 903 g/mol. The summed E-state index contributed by atoms with van der Waals surface area (Å²) in [4.78, 5) is 59.5. The highest BCUT2D eigenvalue weighted by molar-refractivity contribution is 7.90. The van der Waals surface area contributed by atoms with Crippen molar-refractivity contribution in [1.82, 2.24) is 24.6 Å². The number of nitrogens with one attached hydrogen (secondary N) is 1. The quantitative estimate of drug-likeness (QED) is 0.141. The van der Waals surface area contributed by atoms with Crippen molar-refractivity contribution in [1.29, 1.82) is 0 Å². The van der Waals surface area contributed by atoms with Crippen LogP contribution < -0.4 is 9.46 Å². The predicted molar refractivity (Wildman–Crippen MR) is 230 cm³/mol. The molecule has 4 aliphatic rings. The number of thiazole rings is 1. The van der Waals surface area contributed by atoms with E-state index in [4.69, 9.17) is 19.1 Å². The number of rotatable bonds is 9. The first-order chi connectivity index (χ1) is 30.1. The lowest BCUT2D eigenvalue weighted by Gasteiger charge is -2.29. The van der Waals surface area contributed by atoms with E-state index in [1.165, 1.54) is 23.5 Å². The van der Waals surface area contributed by atoms with Gasteiger partial charge < -0.3 is 14.1 Å². The zero-order valence-electron chi connectivity index (χ0n) is 34.9. The molecule has 0 radical (unpaired) electrons. The fourth-order valence-electron chi connectivity index (χ4n) is 8.96. The molecule has 5 atom stereocenters. The molecule has 2 aliphatic carbocycles. The summed E-state index contributed by atoms with van der Waals surface area (Å²) < 4.78 is 81.7. The Balaban J connectivity index is 1.07. The van der Waals surface area contributed by atoms with Crippen LogP contribution in [0.15, 0.2) is 70.5 Å². The van der Waals surface area contributed by atoms with Crippen molar-refractivity contribution in [2.45, 2.75) is 114 Å². The lowest BCUT2D eigenvalue weighted by Crippen LogP contribution is -2.46. The standard InChI is InChI=1S/C46H48F3N5O7S2/c1-26(2)34-25-62-38(50-34)20-28-10-6-4-3-5-7-11-30-22-45(30,44(57)53-63(58,59)32-18-19-32)23-36(55)35-21-31(24-54(35)43(28)56)60-42-40-39(33-12-8-9-13-37(33)61-40)51-41(52-42)27-14-16-29(17-15-27)46(47,48)49/h7-9,11-17,25-26,28,30-32,35H,3-6,10,18-24H2,1-2H3,(H,53,57)/b11-7-/t28-,30+,31-,35+,45-/m1/s1. The van der Waals surface area contributed by atoms with E-state index in [1.54, 1.807) is 29.2 Å². The zero-order chi connectivity index (χ0) is 44.3. The smallest absolute Gasteiger partial charge is 0.416 e. The second-order valence-corrected chi connectivity index (χ2v) is 20.7. The number of nitrogens with zero attached hydrogens (tertiary/aromatic N) is 4. The van der Waals surface area contributed by atoms with Gasteiger partial charge in [0.2, 0.25) is 27.4 Å². The van der Waals surface area contributed by atoms with E-state index < -0.39 is 56.4 Å². The number of hydrogen-bond acceptors (Lipinski definition) is 11. The number of furan rings is 1. The van der Waals surface area contributed by atoms with Gasteiger partial charge in [0.25, 0.3) is 5.88 Å². The molecule has 5 heterocycles. The van der Waals surface area contributed by atoms with Crippen LogP contribution in [0.2, 0.25) is 0 Å². The number of fused-ring (bicyclic) bond motifs is 5. The van der Waals surface area contributed by atoms with Gasteiger partial charge in [-0.2, -0.15) is 18.2 Å². The SMILES string of the molecule is CC(C)c1csc(C[C@H]2CCCCC/C=C\[C@H]3C[C@@]3(C(=O)NS(=O)(=O)C3CC3)CC(=O)[C@@H]3C[C@@H](Oc4nc(-c5ccc(C(F)(F)F)cc5)nc5c4oc4ccccc45)CN3C2=O)n1. The highest BCUT2D eigenvalue weighted by Crippen LogP contribution is 2.57. The maximum absolute atomic E-state index is 15.0. The van der Waals surface area contributed by atoms with Gasteiger partial charge in [-0.05, 0) is 74.6 Å². The number of hydrogen-bond donors (Lipinski definition) is 1. The maximum atomic E-state index is 15.0. The molecule has 0 bridgehead atoms. The topological polar surface area (TPSA) is 162 Å². The van der Waals surface area contributed by atoms with Crippen LogP contribution in [0.3, 0.4) is 0 Å². The molecule has 12 nitrogen and oxygen atoms in total. The molecule has 0 unspecified atom stereocenters. The van der Waals surface area contributed by atoms with Gasteiger partial charge in [0, 0.05) is 41.5 Å². The van der Waals surface area contributed by atoms with Gasteiger partial charge in [0.15, 0.2) is 11.6 Å². The Labute approximate surface area is 366 Å². The Hall–Kier alpha value is -5.16. The van der Waals surface area contributed by atoms with E-state index in [1.807, 2.05) is 17.5 Å². The summed E-state index contributed by atoms with van der Waals surface area (Å²) in [5.74, 6) is -1.88. The Morgan fingerprint density at radius 2 is 1.81 bits per heavy atom. The molecule has 2 aromatic carbocycles. The summed E-state index contributed by atoms with van der Waals surface area (Å²) in [5, 5.41) is 2.83. The first kappa shape index (κ1) is 43.1. The third kappa shape index (κ3) is 8.87. The number of alkyl halides is 3. The Morgan fingerprint density at radius 3 is 2.54 bits per heavy atom. The molecule has 17 heteroatoms. The number of sulfonamides is 1. The van der Waals surface area contributed by atoms with Crippen molar-refractivity contribution in [3.8, 4) is 17.3 Å². The minimum atomic E-state index is -4.54. The van der Waals surface area contributed by atoms with E-state index in [0.717, 1.165) is 48.5 Å². The van der Waals surface area contributed by atoms with Gasteiger partial charge in [0.05, 0.1) is 39.5 Å². The summed E-state index contributed by atoms with van der Waals surface area (Å²) in [6.07, 6.45) is 3.77. The third-order valence-corrected chi connectivity index (χ3v) is 15.6. The molecule has 1 N–H and O–H groups in total. The van der Waals surface area contributed by atoms with Crippen LogP contribution in [0.25, 0.3) is 33.5 Å². The van der Waals surface area contributed by atoms with Crippen LogP contribution in [-0.4, -0.2) is 69.8 Å². The molecule has 2 aliphatic heterocycles.